The van der Waals surface area contributed by atoms with Crippen LogP contribution in [0.25, 0.3) is 10.8 Å². The minimum absolute atomic E-state index is 0.0237. The molecular weight excluding hydrogens is 352 g/mol. The molecule has 0 aromatic heterocycles. The third-order valence-electron chi connectivity index (χ3n) is 3.82. The number of fused-ring (bicyclic) bond motifs is 1. The molecule has 0 spiro atoms. The molecule has 0 amide bonds. The molecule has 3 rings (SSSR count). The Kier molecular flexibility index (Phi) is 4.05. The van der Waals surface area contributed by atoms with Crippen molar-refractivity contribution in [1.29, 1.82) is 0 Å². The Morgan fingerprint density at radius 2 is 1.90 bits per heavy atom. The molecule has 1 unspecified atom stereocenters. The maximum absolute atomic E-state index is 12.8. The average molecular weight is 369 g/mol. The highest BCUT2D eigenvalue weighted by molar-refractivity contribution is 9.10. The summed E-state index contributed by atoms with van der Waals surface area (Å²) >= 11 is 3.43. The standard InChI is InChI=1S/C15H17BrN2O2S/c1-11-10-17-6-7-18(11)21(19,20)15-5-3-12-8-14(16)4-2-13(12)9-15/h2-5,8-9,11,17H,6-7,10H2,1H3. The first-order valence-corrected chi connectivity index (χ1v) is 9.14. The summed E-state index contributed by atoms with van der Waals surface area (Å²) in [5.41, 5.74) is 0. The molecule has 1 aliphatic rings. The highest BCUT2D eigenvalue weighted by Crippen LogP contribution is 2.25. The van der Waals surface area contributed by atoms with Crippen molar-refractivity contribution < 1.29 is 8.42 Å². The van der Waals surface area contributed by atoms with E-state index in [4.69, 9.17) is 0 Å². The number of halogens is 1. The molecule has 0 bridgehead atoms. The Hall–Kier alpha value is -0.950. The van der Waals surface area contributed by atoms with E-state index < -0.39 is 10.0 Å². The van der Waals surface area contributed by atoms with E-state index in [9.17, 15) is 8.42 Å². The fourth-order valence-corrected chi connectivity index (χ4v) is 4.72. The molecule has 0 radical (unpaired) electrons. The van der Waals surface area contributed by atoms with Crippen molar-refractivity contribution in [3.05, 3.63) is 40.9 Å². The van der Waals surface area contributed by atoms with E-state index >= 15 is 0 Å². The van der Waals surface area contributed by atoms with Gasteiger partial charge in [0.2, 0.25) is 10.0 Å². The molecule has 4 nitrogen and oxygen atoms in total. The first-order valence-electron chi connectivity index (χ1n) is 6.90. The van der Waals surface area contributed by atoms with E-state index in [1.807, 2.05) is 31.2 Å². The van der Waals surface area contributed by atoms with Gasteiger partial charge < -0.3 is 5.32 Å². The molecule has 1 N–H and O–H groups in total. The Morgan fingerprint density at radius 1 is 1.19 bits per heavy atom. The van der Waals surface area contributed by atoms with Gasteiger partial charge in [-0.25, -0.2) is 8.42 Å². The van der Waals surface area contributed by atoms with Gasteiger partial charge in [-0.3, -0.25) is 0 Å². The Labute approximate surface area is 133 Å². The monoisotopic (exact) mass is 368 g/mol. The number of hydrogen-bond donors (Lipinski definition) is 1. The lowest BCUT2D eigenvalue weighted by molar-refractivity contribution is 0.284. The summed E-state index contributed by atoms with van der Waals surface area (Å²) in [4.78, 5) is 0.367. The van der Waals surface area contributed by atoms with Crippen LogP contribution in [-0.4, -0.2) is 38.4 Å². The predicted molar refractivity (Wildman–Crippen MR) is 87.9 cm³/mol. The molecule has 112 valence electrons. The molecule has 21 heavy (non-hydrogen) atoms. The number of nitrogens with one attached hydrogen (secondary N) is 1. The highest BCUT2D eigenvalue weighted by Gasteiger charge is 2.30. The van der Waals surface area contributed by atoms with E-state index in [1.54, 1.807) is 16.4 Å². The summed E-state index contributed by atoms with van der Waals surface area (Å²) in [6.07, 6.45) is 0. The molecule has 0 aliphatic carbocycles. The van der Waals surface area contributed by atoms with Crippen molar-refractivity contribution >= 4 is 36.7 Å². The van der Waals surface area contributed by atoms with Gasteiger partial charge in [0.15, 0.2) is 0 Å². The van der Waals surface area contributed by atoms with Gasteiger partial charge in [-0.1, -0.05) is 28.1 Å². The molecular formula is C15H17BrN2O2S. The van der Waals surface area contributed by atoms with Crippen LogP contribution >= 0.6 is 15.9 Å². The molecule has 2 aromatic rings. The van der Waals surface area contributed by atoms with Gasteiger partial charge >= 0.3 is 0 Å². The van der Waals surface area contributed by atoms with E-state index in [1.165, 1.54) is 0 Å². The van der Waals surface area contributed by atoms with E-state index in [0.29, 0.717) is 24.5 Å². The Morgan fingerprint density at radius 3 is 2.67 bits per heavy atom. The lowest BCUT2D eigenvalue weighted by Crippen LogP contribution is -2.52. The van der Waals surface area contributed by atoms with E-state index in [0.717, 1.165) is 15.2 Å². The fourth-order valence-electron chi connectivity index (χ4n) is 2.67. The first kappa shape index (κ1) is 15.0. The van der Waals surface area contributed by atoms with Gasteiger partial charge in [0.25, 0.3) is 0 Å². The van der Waals surface area contributed by atoms with Crippen LogP contribution in [0.1, 0.15) is 6.92 Å². The third kappa shape index (κ3) is 2.85. The topological polar surface area (TPSA) is 49.4 Å². The maximum Gasteiger partial charge on any atom is 0.243 e. The third-order valence-corrected chi connectivity index (χ3v) is 6.32. The van der Waals surface area contributed by atoms with Gasteiger partial charge in [-0.2, -0.15) is 4.31 Å². The molecule has 1 fully saturated rings. The van der Waals surface area contributed by atoms with E-state index in [2.05, 4.69) is 21.2 Å². The minimum Gasteiger partial charge on any atom is -0.314 e. The summed E-state index contributed by atoms with van der Waals surface area (Å²) in [6, 6.07) is 11.1. The number of hydrogen-bond acceptors (Lipinski definition) is 3. The molecule has 6 heteroatoms. The summed E-state index contributed by atoms with van der Waals surface area (Å²) in [5.74, 6) is 0. The number of piperazine rings is 1. The first-order chi connectivity index (χ1) is 9.98. The van der Waals surface area contributed by atoms with Crippen molar-refractivity contribution in [2.45, 2.75) is 17.9 Å². The van der Waals surface area contributed by atoms with Crippen molar-refractivity contribution in [2.24, 2.45) is 0 Å². The van der Waals surface area contributed by atoms with E-state index in [-0.39, 0.29) is 6.04 Å². The number of rotatable bonds is 2. The summed E-state index contributed by atoms with van der Waals surface area (Å²) < 4.78 is 28.2. The molecule has 1 aliphatic heterocycles. The smallest absolute Gasteiger partial charge is 0.243 e. The van der Waals surface area contributed by atoms with Gasteiger partial charge in [0.1, 0.15) is 0 Å². The van der Waals surface area contributed by atoms with Crippen molar-refractivity contribution in [3.8, 4) is 0 Å². The van der Waals surface area contributed by atoms with Crippen LogP contribution < -0.4 is 5.32 Å². The molecule has 1 heterocycles. The van der Waals surface area contributed by atoms with Crippen LogP contribution in [0.2, 0.25) is 0 Å². The number of benzene rings is 2. The van der Waals surface area contributed by atoms with Gasteiger partial charge in [0.05, 0.1) is 4.90 Å². The molecule has 2 aromatic carbocycles. The summed E-state index contributed by atoms with van der Waals surface area (Å²) in [6.45, 7) is 3.84. The lowest BCUT2D eigenvalue weighted by atomic mass is 10.1. The summed E-state index contributed by atoms with van der Waals surface area (Å²) in [7, 11) is -3.43. The fraction of sp³-hybridized carbons (Fsp3) is 0.333. The highest BCUT2D eigenvalue weighted by atomic mass is 79.9. The second-order valence-electron chi connectivity index (χ2n) is 5.32. The van der Waals surface area contributed by atoms with Crippen molar-refractivity contribution in [1.82, 2.24) is 9.62 Å². The van der Waals surface area contributed by atoms with Gasteiger partial charge in [-0.05, 0) is 42.0 Å². The largest absolute Gasteiger partial charge is 0.314 e. The Balaban J connectivity index is 2.04. The predicted octanol–water partition coefficient (Wildman–Crippen LogP) is 2.58. The summed E-state index contributed by atoms with van der Waals surface area (Å²) in [5, 5.41) is 5.17. The minimum atomic E-state index is -3.43. The zero-order valence-corrected chi connectivity index (χ0v) is 14.1. The van der Waals surface area contributed by atoms with Gasteiger partial charge in [-0.15, -0.1) is 0 Å². The second kappa shape index (κ2) is 5.68. The van der Waals surface area contributed by atoms with Gasteiger partial charge in [0, 0.05) is 30.1 Å². The SMILES string of the molecule is CC1CNCCN1S(=O)(=O)c1ccc2cc(Br)ccc2c1. The zero-order chi connectivity index (χ0) is 15.0. The maximum atomic E-state index is 12.8. The molecule has 0 saturated carbocycles. The molecule has 1 atom stereocenters. The van der Waals surface area contributed by atoms with Crippen LogP contribution in [0.5, 0.6) is 0 Å². The van der Waals surface area contributed by atoms with Crippen molar-refractivity contribution in [3.63, 3.8) is 0 Å². The Bertz CT molecular complexity index is 776. The lowest BCUT2D eigenvalue weighted by Gasteiger charge is -2.32. The molecule has 1 saturated heterocycles. The average Bonchev–Trinajstić information content (AvgIpc) is 2.47. The van der Waals surface area contributed by atoms with Crippen LogP contribution in [0.3, 0.4) is 0 Å². The second-order valence-corrected chi connectivity index (χ2v) is 8.13. The number of nitrogens with zero attached hydrogens (tertiary/aromatic N) is 1. The van der Waals surface area contributed by atoms with Crippen LogP contribution in [-0.2, 0) is 10.0 Å². The van der Waals surface area contributed by atoms with Crippen LogP contribution in [0.4, 0.5) is 0 Å². The van der Waals surface area contributed by atoms with Crippen LogP contribution in [0.15, 0.2) is 45.8 Å². The quantitative estimate of drug-likeness (QED) is 0.885. The number of sulfonamides is 1. The van der Waals surface area contributed by atoms with Crippen LogP contribution in [0, 0.1) is 0 Å². The normalized spacial score (nSPS) is 20.8. The zero-order valence-electron chi connectivity index (χ0n) is 11.7. The van der Waals surface area contributed by atoms with Crippen molar-refractivity contribution in [2.75, 3.05) is 19.6 Å².